The number of rotatable bonds is 11. The van der Waals surface area contributed by atoms with Gasteiger partial charge in [-0.3, -0.25) is 9.59 Å². The van der Waals surface area contributed by atoms with Crippen LogP contribution >= 0.6 is 15.9 Å². The van der Waals surface area contributed by atoms with Gasteiger partial charge in [-0.25, -0.2) is 18.2 Å². The van der Waals surface area contributed by atoms with E-state index in [0.29, 0.717) is 34.1 Å². The van der Waals surface area contributed by atoms with E-state index in [1.54, 1.807) is 6.92 Å². The lowest BCUT2D eigenvalue weighted by Gasteiger charge is -2.20. The number of fused-ring (bicyclic) bond motifs is 1. The zero-order valence-electron chi connectivity index (χ0n) is 22.7. The number of halogens is 4. The molecule has 2 unspecified atom stereocenters. The molecule has 0 bridgehead atoms. The van der Waals surface area contributed by atoms with E-state index in [-0.39, 0.29) is 31.4 Å². The minimum atomic E-state index is -1.72. The summed E-state index contributed by atoms with van der Waals surface area (Å²) < 4.78 is 48.2. The number of alkyl halides is 1. The van der Waals surface area contributed by atoms with Crippen LogP contribution in [0.4, 0.5) is 13.2 Å². The topological polar surface area (TPSA) is 68.3 Å². The second kappa shape index (κ2) is 13.8. The van der Waals surface area contributed by atoms with Crippen LogP contribution in [0, 0.1) is 18.6 Å². The first-order valence-corrected chi connectivity index (χ1v) is 14.2. The van der Waals surface area contributed by atoms with E-state index in [2.05, 4.69) is 21.2 Å². The number of pyridine rings is 1. The highest BCUT2D eigenvalue weighted by molar-refractivity contribution is 9.10. The van der Waals surface area contributed by atoms with Crippen molar-refractivity contribution >= 4 is 38.7 Å². The smallest absolute Gasteiger partial charge is 0.308 e. The summed E-state index contributed by atoms with van der Waals surface area (Å²) in [6.45, 7) is 3.48. The minimum absolute atomic E-state index is 0.00693. The summed E-state index contributed by atoms with van der Waals surface area (Å²) in [5, 5.41) is 3.48. The first-order chi connectivity index (χ1) is 19.7. The summed E-state index contributed by atoms with van der Waals surface area (Å²) >= 11 is 3.46. The Bertz CT molecular complexity index is 1550. The quantitative estimate of drug-likeness (QED) is 0.170. The molecule has 0 aliphatic heterocycles. The predicted octanol–water partition coefficient (Wildman–Crippen LogP) is 8.18. The van der Waals surface area contributed by atoms with Crippen LogP contribution < -0.4 is 5.32 Å². The molecule has 0 aliphatic rings. The fraction of sp³-hybridized carbons (Fsp3) is 0.281. The van der Waals surface area contributed by atoms with Crippen molar-refractivity contribution in [3.63, 3.8) is 0 Å². The van der Waals surface area contributed by atoms with E-state index in [0.717, 1.165) is 28.2 Å². The molecule has 0 aliphatic carbocycles. The van der Waals surface area contributed by atoms with Gasteiger partial charge in [0.2, 0.25) is 6.36 Å². The van der Waals surface area contributed by atoms with E-state index < -0.39 is 35.8 Å². The number of nitrogens with zero attached hydrogens (tertiary/aromatic N) is 1. The molecule has 0 spiro atoms. The highest BCUT2D eigenvalue weighted by Crippen LogP contribution is 2.32. The van der Waals surface area contributed by atoms with Crippen LogP contribution in [0.3, 0.4) is 0 Å². The summed E-state index contributed by atoms with van der Waals surface area (Å²) in [4.78, 5) is 30.8. The molecule has 4 rings (SSSR count). The van der Waals surface area contributed by atoms with Gasteiger partial charge >= 0.3 is 5.97 Å². The number of benzene rings is 3. The van der Waals surface area contributed by atoms with Gasteiger partial charge in [-0.15, -0.1) is 0 Å². The van der Waals surface area contributed by atoms with E-state index in [1.807, 2.05) is 55.5 Å². The zero-order chi connectivity index (χ0) is 29.5. The molecule has 41 heavy (non-hydrogen) atoms. The standard InChI is InChI=1S/C32H30BrF3N2O3/c1-3-7-28(36)41-29(39)15-10-21(24-17-23(34)12-13-26(24)35)18-37-32(40)30-19(2)31(20-8-5-4-6-9-20)38-27-14-11-22(33)16-25(27)30/h4-6,8-9,11-14,16-17,21,28H,3,7,10,15,18H2,1-2H3,(H,37,40). The molecule has 0 saturated heterocycles. The van der Waals surface area contributed by atoms with Crippen molar-refractivity contribution in [3.8, 4) is 11.3 Å². The van der Waals surface area contributed by atoms with Crippen molar-refractivity contribution in [2.75, 3.05) is 6.54 Å². The Hall–Kier alpha value is -3.72. The van der Waals surface area contributed by atoms with Crippen molar-refractivity contribution in [2.45, 2.75) is 51.8 Å². The van der Waals surface area contributed by atoms with Crippen molar-refractivity contribution < 1.29 is 27.5 Å². The van der Waals surface area contributed by atoms with Gasteiger partial charge in [0.15, 0.2) is 0 Å². The third-order valence-corrected chi connectivity index (χ3v) is 7.34. The molecule has 214 valence electrons. The Morgan fingerprint density at radius 3 is 2.51 bits per heavy atom. The molecule has 2 atom stereocenters. The van der Waals surface area contributed by atoms with Crippen LogP contribution in [0.1, 0.15) is 60.0 Å². The zero-order valence-corrected chi connectivity index (χ0v) is 24.3. The van der Waals surface area contributed by atoms with Crippen LogP contribution in [-0.4, -0.2) is 29.8 Å². The average molecular weight is 628 g/mol. The second-order valence-corrected chi connectivity index (χ2v) is 10.7. The highest BCUT2D eigenvalue weighted by Gasteiger charge is 2.24. The maximum Gasteiger partial charge on any atom is 0.308 e. The molecule has 0 fully saturated rings. The third-order valence-electron chi connectivity index (χ3n) is 6.84. The summed E-state index contributed by atoms with van der Waals surface area (Å²) in [6, 6.07) is 18.0. The Balaban J connectivity index is 1.64. The first kappa shape index (κ1) is 30.2. The van der Waals surface area contributed by atoms with Gasteiger partial charge in [0.1, 0.15) is 11.6 Å². The van der Waals surface area contributed by atoms with Gasteiger partial charge in [-0.1, -0.05) is 53.2 Å². The van der Waals surface area contributed by atoms with E-state index in [9.17, 15) is 22.8 Å². The summed E-state index contributed by atoms with van der Waals surface area (Å²) in [7, 11) is 0. The van der Waals surface area contributed by atoms with E-state index in [4.69, 9.17) is 9.72 Å². The molecule has 0 saturated carbocycles. The number of hydrogen-bond acceptors (Lipinski definition) is 4. The largest absolute Gasteiger partial charge is 0.431 e. The molecule has 1 heterocycles. The van der Waals surface area contributed by atoms with Crippen molar-refractivity contribution in [1.82, 2.24) is 10.3 Å². The normalized spacial score (nSPS) is 12.6. The van der Waals surface area contributed by atoms with Crippen LogP contribution in [-0.2, 0) is 9.53 Å². The summed E-state index contributed by atoms with van der Waals surface area (Å²) in [6.07, 6.45) is -1.37. The third kappa shape index (κ3) is 7.52. The highest BCUT2D eigenvalue weighted by atomic mass is 79.9. The maximum atomic E-state index is 14.8. The lowest BCUT2D eigenvalue weighted by Crippen LogP contribution is -2.30. The molecule has 4 aromatic rings. The van der Waals surface area contributed by atoms with Gasteiger partial charge in [0, 0.05) is 40.7 Å². The van der Waals surface area contributed by atoms with Gasteiger partial charge < -0.3 is 10.1 Å². The summed E-state index contributed by atoms with van der Waals surface area (Å²) in [5.74, 6) is -3.32. The van der Waals surface area contributed by atoms with Crippen molar-refractivity contribution in [3.05, 3.63) is 99.5 Å². The molecule has 1 aromatic heterocycles. The number of carbonyl (C=O) groups is 2. The van der Waals surface area contributed by atoms with Gasteiger partial charge in [-0.2, -0.15) is 0 Å². The average Bonchev–Trinajstić information content (AvgIpc) is 2.94. The van der Waals surface area contributed by atoms with Crippen LogP contribution in [0.25, 0.3) is 22.2 Å². The molecule has 1 N–H and O–H groups in total. The summed E-state index contributed by atoms with van der Waals surface area (Å²) in [5.41, 5.74) is 3.16. The lowest BCUT2D eigenvalue weighted by atomic mass is 9.92. The Kier molecular flexibility index (Phi) is 10.2. The second-order valence-electron chi connectivity index (χ2n) is 9.79. The first-order valence-electron chi connectivity index (χ1n) is 13.4. The van der Waals surface area contributed by atoms with Crippen LogP contribution in [0.5, 0.6) is 0 Å². The fourth-order valence-corrected chi connectivity index (χ4v) is 5.14. The van der Waals surface area contributed by atoms with E-state index in [1.165, 1.54) is 0 Å². The number of carbonyl (C=O) groups excluding carboxylic acids is 2. The number of nitrogens with one attached hydrogen (secondary N) is 1. The number of esters is 1. The van der Waals surface area contributed by atoms with Gasteiger partial charge in [0.05, 0.1) is 16.8 Å². The minimum Gasteiger partial charge on any atom is -0.431 e. The van der Waals surface area contributed by atoms with Crippen LogP contribution in [0.2, 0.25) is 0 Å². The number of hydrogen-bond donors (Lipinski definition) is 1. The fourth-order valence-electron chi connectivity index (χ4n) is 4.78. The monoisotopic (exact) mass is 626 g/mol. The van der Waals surface area contributed by atoms with Crippen molar-refractivity contribution in [2.24, 2.45) is 0 Å². The number of aromatic nitrogens is 1. The van der Waals surface area contributed by atoms with Gasteiger partial charge in [-0.05, 0) is 67.3 Å². The molecule has 0 radical (unpaired) electrons. The number of amides is 1. The van der Waals surface area contributed by atoms with E-state index >= 15 is 0 Å². The molecular weight excluding hydrogens is 597 g/mol. The van der Waals surface area contributed by atoms with Gasteiger partial charge in [0.25, 0.3) is 5.91 Å². The molecule has 9 heteroatoms. The molecule has 1 amide bonds. The van der Waals surface area contributed by atoms with Crippen molar-refractivity contribution in [1.29, 1.82) is 0 Å². The SMILES string of the molecule is CCCC(F)OC(=O)CCC(CNC(=O)c1c(C)c(-c2ccccc2)nc2ccc(Br)cc12)c1cc(F)ccc1F. The maximum absolute atomic E-state index is 14.8. The Labute approximate surface area is 245 Å². The molecule has 5 nitrogen and oxygen atoms in total. The lowest BCUT2D eigenvalue weighted by molar-refractivity contribution is -0.158. The Morgan fingerprint density at radius 2 is 1.78 bits per heavy atom. The number of ether oxygens (including phenoxy) is 1. The predicted molar refractivity (Wildman–Crippen MR) is 156 cm³/mol. The Morgan fingerprint density at radius 1 is 1.02 bits per heavy atom. The molecular formula is C32H30BrF3N2O3. The van der Waals surface area contributed by atoms with Crippen LogP contribution in [0.15, 0.2) is 71.2 Å². The molecule has 3 aromatic carbocycles.